The van der Waals surface area contributed by atoms with E-state index in [9.17, 15) is 0 Å². The van der Waals surface area contributed by atoms with Gasteiger partial charge in [-0.05, 0) is 29.7 Å². The molecule has 1 aromatic rings. The number of rotatable bonds is 3. The average Bonchev–Trinajstić information content (AvgIpc) is 2.39. The molecule has 1 atom stereocenters. The summed E-state index contributed by atoms with van der Waals surface area (Å²) in [5, 5.41) is 3.98. The van der Waals surface area contributed by atoms with Crippen LogP contribution in [-0.2, 0) is 11.2 Å². The Labute approximate surface area is 107 Å². The summed E-state index contributed by atoms with van der Waals surface area (Å²) in [6.45, 7) is 4.64. The smallest absolute Gasteiger partial charge is 0.137 e. The zero-order chi connectivity index (χ0) is 12.3. The van der Waals surface area contributed by atoms with E-state index in [1.54, 1.807) is 7.11 Å². The van der Waals surface area contributed by atoms with E-state index in [2.05, 4.69) is 12.2 Å². The molecule has 1 N–H and O–H groups in total. The highest BCUT2D eigenvalue weighted by Crippen LogP contribution is 2.33. The van der Waals surface area contributed by atoms with Gasteiger partial charge in [-0.2, -0.15) is 0 Å². The van der Waals surface area contributed by atoms with Crippen molar-refractivity contribution in [3.63, 3.8) is 0 Å². The van der Waals surface area contributed by atoms with Crippen molar-refractivity contribution in [2.45, 2.75) is 19.4 Å². The number of morpholine rings is 1. The van der Waals surface area contributed by atoms with Crippen LogP contribution in [0.25, 0.3) is 0 Å². The van der Waals surface area contributed by atoms with Gasteiger partial charge in [0.15, 0.2) is 0 Å². The summed E-state index contributed by atoms with van der Waals surface area (Å²) in [6.07, 6.45) is 1.05. The third kappa shape index (κ3) is 2.73. The van der Waals surface area contributed by atoms with E-state index >= 15 is 0 Å². The van der Waals surface area contributed by atoms with E-state index in [0.717, 1.165) is 31.9 Å². The fourth-order valence-corrected chi connectivity index (χ4v) is 2.39. The summed E-state index contributed by atoms with van der Waals surface area (Å²) in [5.41, 5.74) is 2.41. The molecule has 1 unspecified atom stereocenters. The van der Waals surface area contributed by atoms with Crippen LogP contribution in [0.3, 0.4) is 0 Å². The molecule has 1 aliphatic rings. The van der Waals surface area contributed by atoms with Crippen LogP contribution in [0.4, 0.5) is 0 Å². The molecule has 0 saturated carbocycles. The number of hydrogen-bond donors (Lipinski definition) is 1. The third-order valence-electron chi connectivity index (χ3n) is 3.07. The molecule has 0 bridgehead atoms. The van der Waals surface area contributed by atoms with Crippen molar-refractivity contribution >= 4 is 11.6 Å². The van der Waals surface area contributed by atoms with Crippen molar-refractivity contribution in [3.8, 4) is 5.75 Å². The molecule has 0 radical (unpaired) electrons. The van der Waals surface area contributed by atoms with Gasteiger partial charge in [0, 0.05) is 13.1 Å². The number of aryl methyl sites for hydroxylation is 1. The maximum atomic E-state index is 6.18. The Balaban J connectivity index is 2.34. The molecule has 94 valence electrons. The Bertz CT molecular complexity index is 389. The highest BCUT2D eigenvalue weighted by molar-refractivity contribution is 6.32. The number of nitrogens with one attached hydrogen (secondary N) is 1. The Hall–Kier alpha value is -0.770. The summed E-state index contributed by atoms with van der Waals surface area (Å²) in [4.78, 5) is 0. The van der Waals surface area contributed by atoms with Gasteiger partial charge in [0.05, 0.1) is 24.8 Å². The predicted octanol–water partition coefficient (Wildman–Crippen LogP) is 2.57. The Morgan fingerprint density at radius 1 is 1.53 bits per heavy atom. The maximum Gasteiger partial charge on any atom is 0.137 e. The van der Waals surface area contributed by atoms with Crippen LogP contribution in [0.5, 0.6) is 5.75 Å². The molecule has 1 aromatic carbocycles. The highest BCUT2D eigenvalue weighted by atomic mass is 35.5. The quantitative estimate of drug-likeness (QED) is 0.901. The third-order valence-corrected chi connectivity index (χ3v) is 3.36. The number of benzene rings is 1. The SMILES string of the molecule is CCc1cc(OC)c(Cl)cc1C1CNCCO1. The molecule has 0 aromatic heterocycles. The van der Waals surface area contributed by atoms with Crippen LogP contribution in [0.2, 0.25) is 5.02 Å². The van der Waals surface area contributed by atoms with E-state index in [1.165, 1.54) is 11.1 Å². The van der Waals surface area contributed by atoms with Gasteiger partial charge >= 0.3 is 0 Å². The number of methoxy groups -OCH3 is 1. The number of ether oxygens (including phenoxy) is 2. The van der Waals surface area contributed by atoms with Crippen molar-refractivity contribution in [3.05, 3.63) is 28.3 Å². The van der Waals surface area contributed by atoms with E-state index in [-0.39, 0.29) is 6.10 Å². The van der Waals surface area contributed by atoms with Crippen LogP contribution in [0.15, 0.2) is 12.1 Å². The lowest BCUT2D eigenvalue weighted by molar-refractivity contribution is 0.0272. The molecular formula is C13H18ClNO2. The zero-order valence-corrected chi connectivity index (χ0v) is 11.0. The van der Waals surface area contributed by atoms with Crippen molar-refractivity contribution in [2.75, 3.05) is 26.8 Å². The van der Waals surface area contributed by atoms with Gasteiger partial charge in [0.1, 0.15) is 5.75 Å². The van der Waals surface area contributed by atoms with Gasteiger partial charge in [0.25, 0.3) is 0 Å². The summed E-state index contributed by atoms with van der Waals surface area (Å²) in [5.74, 6) is 0.732. The van der Waals surface area contributed by atoms with Crippen molar-refractivity contribution in [1.29, 1.82) is 0 Å². The molecule has 0 spiro atoms. The normalized spacial score (nSPS) is 20.3. The summed E-state index contributed by atoms with van der Waals surface area (Å²) in [6, 6.07) is 3.98. The fourth-order valence-electron chi connectivity index (χ4n) is 2.14. The molecule has 1 aliphatic heterocycles. The minimum absolute atomic E-state index is 0.0992. The first-order valence-corrected chi connectivity index (χ1v) is 6.32. The highest BCUT2D eigenvalue weighted by Gasteiger charge is 2.20. The van der Waals surface area contributed by atoms with Gasteiger partial charge in [0.2, 0.25) is 0 Å². The van der Waals surface area contributed by atoms with Gasteiger partial charge in [-0.15, -0.1) is 0 Å². The van der Waals surface area contributed by atoms with Crippen LogP contribution in [0, 0.1) is 0 Å². The molecule has 17 heavy (non-hydrogen) atoms. The van der Waals surface area contributed by atoms with Crippen molar-refractivity contribution in [2.24, 2.45) is 0 Å². The van der Waals surface area contributed by atoms with Gasteiger partial charge in [-0.3, -0.25) is 0 Å². The second-order valence-electron chi connectivity index (χ2n) is 4.10. The van der Waals surface area contributed by atoms with Crippen molar-refractivity contribution < 1.29 is 9.47 Å². The maximum absolute atomic E-state index is 6.18. The minimum Gasteiger partial charge on any atom is -0.495 e. The van der Waals surface area contributed by atoms with Crippen LogP contribution in [-0.4, -0.2) is 26.8 Å². The van der Waals surface area contributed by atoms with Crippen LogP contribution >= 0.6 is 11.6 Å². The van der Waals surface area contributed by atoms with E-state index in [1.807, 2.05) is 12.1 Å². The van der Waals surface area contributed by atoms with Crippen molar-refractivity contribution in [1.82, 2.24) is 5.32 Å². The first kappa shape index (κ1) is 12.7. The van der Waals surface area contributed by atoms with Crippen LogP contribution in [0.1, 0.15) is 24.2 Å². The monoisotopic (exact) mass is 255 g/mol. The molecule has 1 saturated heterocycles. The van der Waals surface area contributed by atoms with Gasteiger partial charge in [-0.25, -0.2) is 0 Å². The number of hydrogen-bond acceptors (Lipinski definition) is 3. The molecule has 1 fully saturated rings. The molecule has 0 amide bonds. The molecule has 3 nitrogen and oxygen atoms in total. The molecule has 0 aliphatic carbocycles. The summed E-state index contributed by atoms with van der Waals surface area (Å²) < 4.78 is 11.0. The minimum atomic E-state index is 0.0992. The Morgan fingerprint density at radius 2 is 2.35 bits per heavy atom. The first-order chi connectivity index (χ1) is 8.26. The average molecular weight is 256 g/mol. The first-order valence-electron chi connectivity index (χ1n) is 5.95. The number of halogens is 1. The largest absolute Gasteiger partial charge is 0.495 e. The Kier molecular flexibility index (Phi) is 4.26. The molecule has 4 heteroatoms. The summed E-state index contributed by atoms with van der Waals surface area (Å²) >= 11 is 6.18. The van der Waals surface area contributed by atoms with Crippen LogP contribution < -0.4 is 10.1 Å². The van der Waals surface area contributed by atoms with E-state index in [0.29, 0.717) is 5.02 Å². The fraction of sp³-hybridized carbons (Fsp3) is 0.538. The summed E-state index contributed by atoms with van der Waals surface area (Å²) in [7, 11) is 1.64. The lowest BCUT2D eigenvalue weighted by Gasteiger charge is -2.26. The molecule has 1 heterocycles. The Morgan fingerprint density at radius 3 is 2.94 bits per heavy atom. The second-order valence-corrected chi connectivity index (χ2v) is 4.51. The van der Waals surface area contributed by atoms with Gasteiger partial charge < -0.3 is 14.8 Å². The molecular weight excluding hydrogens is 238 g/mol. The predicted molar refractivity (Wildman–Crippen MR) is 68.9 cm³/mol. The van der Waals surface area contributed by atoms with Gasteiger partial charge in [-0.1, -0.05) is 18.5 Å². The van der Waals surface area contributed by atoms with E-state index in [4.69, 9.17) is 21.1 Å². The lowest BCUT2D eigenvalue weighted by atomic mass is 9.99. The second kappa shape index (κ2) is 5.71. The zero-order valence-electron chi connectivity index (χ0n) is 10.3. The topological polar surface area (TPSA) is 30.5 Å². The van der Waals surface area contributed by atoms with E-state index < -0.39 is 0 Å². The standard InChI is InChI=1S/C13H18ClNO2/c1-3-9-6-12(16-2)11(14)7-10(9)13-8-15-4-5-17-13/h6-7,13,15H,3-5,8H2,1-2H3. The molecule has 2 rings (SSSR count). The lowest BCUT2D eigenvalue weighted by Crippen LogP contribution is -2.33.